The maximum atomic E-state index is 11.4. The first kappa shape index (κ1) is 25.8. The molecule has 2 aliphatic carbocycles. The summed E-state index contributed by atoms with van der Waals surface area (Å²) in [5.74, 6) is 1.42. The molecule has 0 heterocycles. The molecule has 0 aromatic heterocycles. The first-order valence-electron chi connectivity index (χ1n) is 12.9. The fraction of sp³-hybridized carbons (Fsp3) is 0.962. The second-order valence-electron chi connectivity index (χ2n) is 9.75. The molecule has 2 saturated carbocycles. The first-order chi connectivity index (χ1) is 14.7. The number of hydrogen-bond donors (Lipinski definition) is 0. The van der Waals surface area contributed by atoms with E-state index in [1.807, 2.05) is 7.11 Å². The van der Waals surface area contributed by atoms with Crippen molar-refractivity contribution in [2.45, 2.75) is 122 Å². The third-order valence-electron chi connectivity index (χ3n) is 7.19. The molecular formula is C26H48O4. The van der Waals surface area contributed by atoms with Crippen LogP contribution in [0.1, 0.15) is 110 Å². The monoisotopic (exact) mass is 424 g/mol. The van der Waals surface area contributed by atoms with Crippen molar-refractivity contribution in [3.05, 3.63) is 0 Å². The molecule has 0 aromatic rings. The van der Waals surface area contributed by atoms with E-state index in [2.05, 4.69) is 0 Å². The maximum absolute atomic E-state index is 11.4. The van der Waals surface area contributed by atoms with Crippen LogP contribution in [-0.2, 0) is 19.0 Å². The molecule has 4 nitrogen and oxygen atoms in total. The van der Waals surface area contributed by atoms with E-state index in [4.69, 9.17) is 14.2 Å². The first-order valence-corrected chi connectivity index (χ1v) is 12.9. The molecule has 0 atom stereocenters. The summed E-state index contributed by atoms with van der Waals surface area (Å²) in [6.07, 6.45) is 20.5. The highest BCUT2D eigenvalue weighted by Gasteiger charge is 2.24. The lowest BCUT2D eigenvalue weighted by Gasteiger charge is -2.28. The number of Topliss-reactive ketones (excluding diaryl/α,β-unsaturated/α-hetero) is 1. The Kier molecular flexibility index (Phi) is 14.0. The average Bonchev–Trinajstić information content (AvgIpc) is 2.76. The Morgan fingerprint density at radius 2 is 1.10 bits per heavy atom. The Hall–Kier alpha value is -0.450. The van der Waals surface area contributed by atoms with Crippen LogP contribution in [-0.4, -0.2) is 44.9 Å². The number of hydrogen-bond acceptors (Lipinski definition) is 4. The van der Waals surface area contributed by atoms with Crippen molar-refractivity contribution in [2.75, 3.05) is 26.9 Å². The predicted molar refractivity (Wildman–Crippen MR) is 123 cm³/mol. The third kappa shape index (κ3) is 11.2. The summed E-state index contributed by atoms with van der Waals surface area (Å²) in [6.45, 7) is 4.50. The van der Waals surface area contributed by atoms with Gasteiger partial charge < -0.3 is 14.2 Å². The minimum Gasteiger partial charge on any atom is -0.384 e. The van der Waals surface area contributed by atoms with Gasteiger partial charge in [-0.1, -0.05) is 38.5 Å². The van der Waals surface area contributed by atoms with Crippen molar-refractivity contribution in [3.8, 4) is 0 Å². The number of methoxy groups -OCH3 is 1. The van der Waals surface area contributed by atoms with Gasteiger partial charge >= 0.3 is 0 Å². The summed E-state index contributed by atoms with van der Waals surface area (Å²) in [5.41, 5.74) is 0. The Balaban J connectivity index is 1.28. The van der Waals surface area contributed by atoms with Crippen molar-refractivity contribution in [1.82, 2.24) is 0 Å². The summed E-state index contributed by atoms with van der Waals surface area (Å²) in [6, 6.07) is 0. The van der Waals surface area contributed by atoms with Crippen LogP contribution in [0.25, 0.3) is 0 Å². The van der Waals surface area contributed by atoms with Gasteiger partial charge in [0.15, 0.2) is 0 Å². The molecule has 0 aliphatic heterocycles. The number of rotatable bonds is 16. The fourth-order valence-corrected chi connectivity index (χ4v) is 5.10. The highest BCUT2D eigenvalue weighted by atomic mass is 16.5. The smallest absolute Gasteiger partial charge is 0.132 e. The van der Waals surface area contributed by atoms with Crippen LogP contribution in [0.4, 0.5) is 0 Å². The van der Waals surface area contributed by atoms with Gasteiger partial charge in [0.25, 0.3) is 0 Å². The van der Waals surface area contributed by atoms with Crippen molar-refractivity contribution in [3.63, 3.8) is 0 Å². The van der Waals surface area contributed by atoms with Crippen molar-refractivity contribution in [2.24, 2.45) is 11.8 Å². The van der Waals surface area contributed by atoms with Crippen LogP contribution < -0.4 is 0 Å². The van der Waals surface area contributed by atoms with Crippen LogP contribution in [0.15, 0.2) is 0 Å². The van der Waals surface area contributed by atoms with Gasteiger partial charge in [-0.25, -0.2) is 0 Å². The van der Waals surface area contributed by atoms with Gasteiger partial charge in [0, 0.05) is 32.8 Å². The maximum Gasteiger partial charge on any atom is 0.132 e. The standard InChI is InChI=1S/C26H48O4/c1-22(27)24-13-17-26(18-14-24)30-20-10-8-6-4-3-5-7-9-19-29-25-15-11-23(12-16-25)21-28-2/h23-26H,3-21H2,1-2H3. The highest BCUT2D eigenvalue weighted by molar-refractivity contribution is 5.78. The quantitative estimate of drug-likeness (QED) is 0.266. The molecule has 0 saturated heterocycles. The highest BCUT2D eigenvalue weighted by Crippen LogP contribution is 2.27. The fourth-order valence-electron chi connectivity index (χ4n) is 5.10. The van der Waals surface area contributed by atoms with E-state index in [1.165, 1.54) is 77.0 Å². The van der Waals surface area contributed by atoms with E-state index in [9.17, 15) is 4.79 Å². The normalized spacial score (nSPS) is 27.3. The van der Waals surface area contributed by atoms with Gasteiger partial charge in [0.05, 0.1) is 12.2 Å². The predicted octanol–water partition coefficient (Wildman–Crippen LogP) is 6.49. The zero-order valence-corrected chi connectivity index (χ0v) is 19.9. The molecule has 0 unspecified atom stereocenters. The SMILES string of the molecule is COCC1CCC(OCCCCCCCCCCOC2CCC(C(C)=O)CC2)CC1. The minimum atomic E-state index is 0.303. The molecule has 0 amide bonds. The molecule has 2 rings (SSSR count). The lowest BCUT2D eigenvalue weighted by Crippen LogP contribution is -2.25. The Labute approximate surface area is 185 Å². The van der Waals surface area contributed by atoms with Crippen LogP contribution in [0.5, 0.6) is 0 Å². The second kappa shape index (κ2) is 16.2. The van der Waals surface area contributed by atoms with Crippen LogP contribution in [0, 0.1) is 11.8 Å². The number of ketones is 1. The molecule has 0 radical (unpaired) electrons. The summed E-state index contributed by atoms with van der Waals surface area (Å²) < 4.78 is 17.4. The molecule has 30 heavy (non-hydrogen) atoms. The van der Waals surface area contributed by atoms with E-state index in [0.29, 0.717) is 23.9 Å². The Morgan fingerprint density at radius 1 is 0.667 bits per heavy atom. The van der Waals surface area contributed by atoms with Crippen molar-refractivity contribution in [1.29, 1.82) is 0 Å². The number of unbranched alkanes of at least 4 members (excludes halogenated alkanes) is 7. The summed E-state index contributed by atoms with van der Waals surface area (Å²) in [7, 11) is 1.81. The lowest BCUT2D eigenvalue weighted by molar-refractivity contribution is -0.122. The Morgan fingerprint density at radius 3 is 1.53 bits per heavy atom. The minimum absolute atomic E-state index is 0.303. The van der Waals surface area contributed by atoms with E-state index in [-0.39, 0.29) is 0 Å². The zero-order chi connectivity index (χ0) is 21.4. The molecule has 2 aliphatic rings. The summed E-state index contributed by atoms with van der Waals surface area (Å²) in [4.78, 5) is 11.4. The average molecular weight is 425 g/mol. The van der Waals surface area contributed by atoms with Gasteiger partial charge in [-0.05, 0) is 77.0 Å². The molecule has 4 heteroatoms. The summed E-state index contributed by atoms with van der Waals surface area (Å²) >= 11 is 0. The molecular weight excluding hydrogens is 376 g/mol. The topological polar surface area (TPSA) is 44.8 Å². The van der Waals surface area contributed by atoms with Crippen molar-refractivity contribution < 1.29 is 19.0 Å². The number of carbonyl (C=O) groups excluding carboxylic acids is 1. The largest absolute Gasteiger partial charge is 0.384 e. The molecule has 0 aromatic carbocycles. The second-order valence-corrected chi connectivity index (χ2v) is 9.75. The van der Waals surface area contributed by atoms with Gasteiger partial charge in [0.1, 0.15) is 5.78 Å². The number of carbonyl (C=O) groups is 1. The molecule has 0 spiro atoms. The van der Waals surface area contributed by atoms with Gasteiger partial charge in [-0.15, -0.1) is 0 Å². The van der Waals surface area contributed by atoms with Gasteiger partial charge in [-0.2, -0.15) is 0 Å². The van der Waals surface area contributed by atoms with E-state index in [0.717, 1.165) is 51.4 Å². The van der Waals surface area contributed by atoms with Crippen LogP contribution in [0.3, 0.4) is 0 Å². The molecule has 0 bridgehead atoms. The zero-order valence-electron chi connectivity index (χ0n) is 19.9. The van der Waals surface area contributed by atoms with E-state index in [1.54, 1.807) is 6.92 Å². The lowest BCUT2D eigenvalue weighted by atomic mass is 9.85. The molecule has 0 N–H and O–H groups in total. The van der Waals surface area contributed by atoms with E-state index >= 15 is 0 Å². The van der Waals surface area contributed by atoms with Crippen molar-refractivity contribution >= 4 is 5.78 Å². The van der Waals surface area contributed by atoms with Crippen LogP contribution in [0.2, 0.25) is 0 Å². The van der Waals surface area contributed by atoms with Crippen LogP contribution >= 0.6 is 0 Å². The van der Waals surface area contributed by atoms with Gasteiger partial charge in [-0.3, -0.25) is 4.79 Å². The molecule has 2 fully saturated rings. The molecule has 176 valence electrons. The number of ether oxygens (including phenoxy) is 3. The van der Waals surface area contributed by atoms with E-state index < -0.39 is 0 Å². The third-order valence-corrected chi connectivity index (χ3v) is 7.19. The summed E-state index contributed by atoms with van der Waals surface area (Å²) in [5, 5.41) is 0. The Bertz CT molecular complexity index is 423. The van der Waals surface area contributed by atoms with Gasteiger partial charge in [0.2, 0.25) is 0 Å².